The molecule has 2 aliphatic carbocycles. The zero-order valence-electron chi connectivity index (χ0n) is 20.6. The summed E-state index contributed by atoms with van der Waals surface area (Å²) in [6, 6.07) is 18.8. The van der Waals surface area contributed by atoms with Crippen molar-refractivity contribution < 1.29 is 0 Å². The molecule has 1 fully saturated rings. The van der Waals surface area contributed by atoms with Crippen molar-refractivity contribution in [1.82, 2.24) is 0 Å². The van der Waals surface area contributed by atoms with Gasteiger partial charge in [-0.15, -0.1) is 0 Å². The molecule has 2 aromatic rings. The van der Waals surface area contributed by atoms with Crippen molar-refractivity contribution >= 4 is 5.57 Å². The third-order valence-electron chi connectivity index (χ3n) is 8.38. The lowest BCUT2D eigenvalue weighted by Gasteiger charge is -2.28. The second-order valence-electron chi connectivity index (χ2n) is 10.5. The Labute approximate surface area is 197 Å². The van der Waals surface area contributed by atoms with Crippen LogP contribution < -0.4 is 0 Å². The third kappa shape index (κ3) is 6.15. The number of unbranched alkanes of at least 4 members (excludes halogenated alkanes) is 3. The molecule has 0 N–H and O–H groups in total. The Balaban J connectivity index is 1.31. The molecule has 2 aromatic carbocycles. The molecule has 1 atom stereocenters. The second-order valence-corrected chi connectivity index (χ2v) is 10.5. The van der Waals surface area contributed by atoms with Crippen LogP contribution in [0.5, 0.6) is 0 Å². The summed E-state index contributed by atoms with van der Waals surface area (Å²) in [5.41, 5.74) is 7.26. The van der Waals surface area contributed by atoms with Gasteiger partial charge >= 0.3 is 0 Å². The minimum Gasteiger partial charge on any atom is -0.0804 e. The van der Waals surface area contributed by atoms with Crippen LogP contribution >= 0.6 is 0 Å². The van der Waals surface area contributed by atoms with Crippen LogP contribution in [0.1, 0.15) is 114 Å². The van der Waals surface area contributed by atoms with E-state index in [-0.39, 0.29) is 0 Å². The molecule has 32 heavy (non-hydrogen) atoms. The van der Waals surface area contributed by atoms with E-state index >= 15 is 0 Å². The minimum atomic E-state index is 0.780. The Morgan fingerprint density at radius 2 is 1.31 bits per heavy atom. The highest BCUT2D eigenvalue weighted by Crippen LogP contribution is 2.38. The molecule has 4 rings (SSSR count). The summed E-state index contributed by atoms with van der Waals surface area (Å²) in [5, 5.41) is 0. The van der Waals surface area contributed by atoms with Gasteiger partial charge in [-0.25, -0.2) is 0 Å². The van der Waals surface area contributed by atoms with Crippen molar-refractivity contribution in [3.8, 4) is 11.1 Å². The molecular weight excluding hydrogens is 384 g/mol. The van der Waals surface area contributed by atoms with E-state index in [2.05, 4.69) is 68.5 Å². The fourth-order valence-electron chi connectivity index (χ4n) is 6.00. The summed E-state index contributed by atoms with van der Waals surface area (Å²) < 4.78 is 0. The van der Waals surface area contributed by atoms with Crippen molar-refractivity contribution in [2.75, 3.05) is 0 Å². The van der Waals surface area contributed by atoms with Crippen LogP contribution in [-0.4, -0.2) is 0 Å². The Bertz CT molecular complexity index is 831. The van der Waals surface area contributed by atoms with Gasteiger partial charge < -0.3 is 0 Å². The SMILES string of the molecule is CCCCCCC1CC=C(c2ccc(-c3ccc([C@H]4CC[C@H](CC)CC4)cc3)cc2)CC1. The van der Waals surface area contributed by atoms with E-state index in [1.54, 1.807) is 11.1 Å². The summed E-state index contributed by atoms with van der Waals surface area (Å²) >= 11 is 0. The highest BCUT2D eigenvalue weighted by atomic mass is 14.3. The molecule has 1 unspecified atom stereocenters. The topological polar surface area (TPSA) is 0 Å². The third-order valence-corrected chi connectivity index (χ3v) is 8.38. The van der Waals surface area contributed by atoms with Gasteiger partial charge in [-0.3, -0.25) is 0 Å². The van der Waals surface area contributed by atoms with Crippen molar-refractivity contribution in [2.45, 2.75) is 103 Å². The first-order chi connectivity index (χ1) is 15.8. The fraction of sp³-hybridized carbons (Fsp3) is 0.562. The highest BCUT2D eigenvalue weighted by Gasteiger charge is 2.21. The van der Waals surface area contributed by atoms with E-state index in [1.165, 1.54) is 100 Å². The molecule has 0 radical (unpaired) electrons. The standard InChI is InChI=1S/C32H44/c1-3-5-6-7-8-26-11-15-28(16-12-26)30-19-23-32(24-20-30)31-21-17-29(18-22-31)27-13-9-25(4-2)10-14-27/h15,17-27H,3-14,16H2,1-2H3/t25-,26?,27-. The number of hydrogen-bond acceptors (Lipinski definition) is 0. The highest BCUT2D eigenvalue weighted by molar-refractivity contribution is 5.71. The summed E-state index contributed by atoms with van der Waals surface area (Å²) in [6.07, 6.45) is 20.4. The van der Waals surface area contributed by atoms with Gasteiger partial charge in [-0.05, 0) is 90.5 Å². The van der Waals surface area contributed by atoms with E-state index < -0.39 is 0 Å². The van der Waals surface area contributed by atoms with Crippen molar-refractivity contribution in [3.63, 3.8) is 0 Å². The van der Waals surface area contributed by atoms with E-state index in [0.717, 1.165) is 17.8 Å². The quantitative estimate of drug-likeness (QED) is 0.348. The number of allylic oxidation sites excluding steroid dienone is 2. The molecule has 0 aromatic heterocycles. The predicted octanol–water partition coefficient (Wildman–Crippen LogP) is 10.2. The van der Waals surface area contributed by atoms with Crippen molar-refractivity contribution in [2.24, 2.45) is 11.8 Å². The normalized spacial score (nSPS) is 23.7. The zero-order chi connectivity index (χ0) is 22.2. The van der Waals surface area contributed by atoms with Crippen molar-refractivity contribution in [3.05, 3.63) is 65.7 Å². The first kappa shape index (κ1) is 23.3. The minimum absolute atomic E-state index is 0.780. The first-order valence-electron chi connectivity index (χ1n) is 13.7. The van der Waals surface area contributed by atoms with Crippen LogP contribution in [0, 0.1) is 11.8 Å². The average molecular weight is 429 g/mol. The summed E-state index contributed by atoms with van der Waals surface area (Å²) in [7, 11) is 0. The maximum Gasteiger partial charge on any atom is -0.0162 e. The summed E-state index contributed by atoms with van der Waals surface area (Å²) in [4.78, 5) is 0. The lowest BCUT2D eigenvalue weighted by Crippen LogP contribution is -2.12. The van der Waals surface area contributed by atoms with Crippen molar-refractivity contribution in [1.29, 1.82) is 0 Å². The Morgan fingerprint density at radius 1 is 0.656 bits per heavy atom. The predicted molar refractivity (Wildman–Crippen MR) is 141 cm³/mol. The van der Waals surface area contributed by atoms with E-state index in [4.69, 9.17) is 0 Å². The molecule has 0 bridgehead atoms. The van der Waals surface area contributed by atoms with Crippen LogP contribution in [0.15, 0.2) is 54.6 Å². The Hall–Kier alpha value is -1.82. The molecule has 0 heterocycles. The van der Waals surface area contributed by atoms with Crippen LogP contribution in [0.25, 0.3) is 16.7 Å². The largest absolute Gasteiger partial charge is 0.0804 e. The molecule has 0 saturated heterocycles. The number of benzene rings is 2. The summed E-state index contributed by atoms with van der Waals surface area (Å²) in [5.74, 6) is 2.67. The first-order valence-corrected chi connectivity index (χ1v) is 13.7. The van der Waals surface area contributed by atoms with Crippen LogP contribution in [0.4, 0.5) is 0 Å². The average Bonchev–Trinajstić information content (AvgIpc) is 2.87. The number of rotatable bonds is 9. The van der Waals surface area contributed by atoms with E-state index in [1.807, 2.05) is 0 Å². The van der Waals surface area contributed by atoms with Gasteiger partial charge in [0.25, 0.3) is 0 Å². The monoisotopic (exact) mass is 428 g/mol. The van der Waals surface area contributed by atoms with Gasteiger partial charge in [-0.2, -0.15) is 0 Å². The molecule has 0 spiro atoms. The number of hydrogen-bond donors (Lipinski definition) is 0. The Kier molecular flexibility index (Phi) is 8.66. The van der Waals surface area contributed by atoms with Crippen LogP contribution in [-0.2, 0) is 0 Å². The Morgan fingerprint density at radius 3 is 1.91 bits per heavy atom. The van der Waals surface area contributed by atoms with Gasteiger partial charge in [0.05, 0.1) is 0 Å². The molecule has 0 nitrogen and oxygen atoms in total. The molecule has 172 valence electrons. The van der Waals surface area contributed by atoms with Gasteiger partial charge in [0.2, 0.25) is 0 Å². The lowest BCUT2D eigenvalue weighted by molar-refractivity contribution is 0.319. The molecule has 2 aliphatic rings. The molecular formula is C32H44. The zero-order valence-corrected chi connectivity index (χ0v) is 20.6. The lowest BCUT2D eigenvalue weighted by atomic mass is 9.77. The van der Waals surface area contributed by atoms with Gasteiger partial charge in [0.15, 0.2) is 0 Å². The van der Waals surface area contributed by atoms with Gasteiger partial charge in [0.1, 0.15) is 0 Å². The van der Waals surface area contributed by atoms with E-state index in [0.29, 0.717) is 0 Å². The molecule has 0 aliphatic heterocycles. The van der Waals surface area contributed by atoms with Gasteiger partial charge in [0, 0.05) is 0 Å². The maximum atomic E-state index is 2.53. The van der Waals surface area contributed by atoms with Crippen LogP contribution in [0.3, 0.4) is 0 Å². The maximum absolute atomic E-state index is 2.53. The molecule has 0 heteroatoms. The van der Waals surface area contributed by atoms with Crippen LogP contribution in [0.2, 0.25) is 0 Å². The second kappa shape index (κ2) is 11.9. The van der Waals surface area contributed by atoms with Gasteiger partial charge in [-0.1, -0.05) is 107 Å². The molecule has 1 saturated carbocycles. The fourth-order valence-corrected chi connectivity index (χ4v) is 6.00. The van der Waals surface area contributed by atoms with E-state index in [9.17, 15) is 0 Å². The summed E-state index contributed by atoms with van der Waals surface area (Å²) in [6.45, 7) is 4.65. The smallest absolute Gasteiger partial charge is 0.0162 e. The molecule has 0 amide bonds.